The molecule has 38 heavy (non-hydrogen) atoms. The second-order valence-electron chi connectivity index (χ2n) is 9.75. The van der Waals surface area contributed by atoms with Gasteiger partial charge in [0.2, 0.25) is 21.8 Å². The first-order valence-corrected chi connectivity index (χ1v) is 14.7. The fourth-order valence-corrected chi connectivity index (χ4v) is 5.27. The number of anilines is 1. The Labute approximate surface area is 226 Å². The van der Waals surface area contributed by atoms with Crippen LogP contribution in [0.25, 0.3) is 0 Å². The molecule has 0 aliphatic carbocycles. The first-order valence-electron chi connectivity index (χ1n) is 13.1. The second-order valence-corrected chi connectivity index (χ2v) is 11.9. The van der Waals surface area contributed by atoms with Crippen molar-refractivity contribution in [2.24, 2.45) is 5.92 Å². The Bertz CT molecular complexity index is 1230. The van der Waals surface area contributed by atoms with E-state index in [1.807, 2.05) is 52.0 Å². The van der Waals surface area contributed by atoms with Gasteiger partial charge in [0.05, 0.1) is 11.4 Å². The van der Waals surface area contributed by atoms with E-state index in [4.69, 9.17) is 9.47 Å². The van der Waals surface area contributed by atoms with Crippen molar-refractivity contribution in [1.29, 1.82) is 0 Å². The highest BCUT2D eigenvalue weighted by atomic mass is 32.2. The largest absolute Gasteiger partial charge is 0.486 e. The van der Waals surface area contributed by atoms with Crippen molar-refractivity contribution < 1.29 is 27.5 Å². The summed E-state index contributed by atoms with van der Waals surface area (Å²) in [4.78, 5) is 28.6. The average Bonchev–Trinajstić information content (AvgIpc) is 2.90. The molecule has 0 aromatic heterocycles. The number of fused-ring (bicyclic) bond motifs is 1. The van der Waals surface area contributed by atoms with Crippen LogP contribution in [-0.2, 0) is 26.2 Å². The van der Waals surface area contributed by atoms with E-state index in [1.54, 1.807) is 18.2 Å². The maximum absolute atomic E-state index is 13.9. The summed E-state index contributed by atoms with van der Waals surface area (Å²) in [5.74, 6) is 0.276. The first-order chi connectivity index (χ1) is 18.1. The molecule has 208 valence electrons. The van der Waals surface area contributed by atoms with Crippen molar-refractivity contribution in [3.05, 3.63) is 53.6 Å². The van der Waals surface area contributed by atoms with Crippen LogP contribution in [0.4, 0.5) is 5.69 Å². The lowest BCUT2D eigenvalue weighted by atomic mass is 10.1. The number of aryl methyl sites for hydroxylation is 1. The van der Waals surface area contributed by atoms with Crippen LogP contribution in [0.1, 0.15) is 45.2 Å². The van der Waals surface area contributed by atoms with Crippen molar-refractivity contribution in [2.45, 2.75) is 53.6 Å². The molecule has 2 amide bonds. The predicted molar refractivity (Wildman–Crippen MR) is 148 cm³/mol. The van der Waals surface area contributed by atoms with Crippen LogP contribution in [-0.4, -0.2) is 63.2 Å². The minimum Gasteiger partial charge on any atom is -0.486 e. The highest BCUT2D eigenvalue weighted by Crippen LogP contribution is 2.35. The van der Waals surface area contributed by atoms with Gasteiger partial charge in [0.15, 0.2) is 11.5 Å². The smallest absolute Gasteiger partial charge is 0.244 e. The first kappa shape index (κ1) is 29.3. The van der Waals surface area contributed by atoms with Crippen LogP contribution in [0.3, 0.4) is 0 Å². The molecule has 1 N–H and O–H groups in total. The maximum Gasteiger partial charge on any atom is 0.244 e. The summed E-state index contributed by atoms with van der Waals surface area (Å²) in [5.41, 5.74) is 2.17. The second kappa shape index (κ2) is 13.0. The monoisotopic (exact) mass is 545 g/mol. The summed E-state index contributed by atoms with van der Waals surface area (Å²) >= 11 is 0. The molecular formula is C28H39N3O6S. The van der Waals surface area contributed by atoms with Gasteiger partial charge in [-0.3, -0.25) is 13.9 Å². The summed E-state index contributed by atoms with van der Waals surface area (Å²) in [6, 6.07) is 11.7. The molecule has 2 aromatic rings. The summed E-state index contributed by atoms with van der Waals surface area (Å²) in [6.07, 6.45) is 0.381. The molecule has 1 heterocycles. The molecule has 0 saturated carbocycles. The van der Waals surface area contributed by atoms with Gasteiger partial charge in [0.25, 0.3) is 0 Å². The third-order valence-electron chi connectivity index (χ3n) is 6.47. The summed E-state index contributed by atoms with van der Waals surface area (Å²) in [7, 11) is -3.83. The minimum atomic E-state index is -3.83. The number of nitrogens with one attached hydrogen (secondary N) is 1. The van der Waals surface area contributed by atoms with Gasteiger partial charge in [-0.15, -0.1) is 0 Å². The van der Waals surface area contributed by atoms with Crippen LogP contribution in [0.2, 0.25) is 0 Å². The Balaban J connectivity index is 1.98. The molecule has 0 fully saturated rings. The Kier molecular flexibility index (Phi) is 10.0. The molecular weight excluding hydrogens is 506 g/mol. The van der Waals surface area contributed by atoms with Crippen molar-refractivity contribution >= 4 is 27.5 Å². The number of hydrogen-bond donors (Lipinski definition) is 1. The molecule has 1 aliphatic heterocycles. The zero-order valence-corrected chi connectivity index (χ0v) is 23.7. The quantitative estimate of drug-likeness (QED) is 0.438. The summed E-state index contributed by atoms with van der Waals surface area (Å²) < 4.78 is 38.7. The number of benzene rings is 2. The summed E-state index contributed by atoms with van der Waals surface area (Å²) in [6.45, 7) is 10.3. The summed E-state index contributed by atoms with van der Waals surface area (Å²) in [5, 5.41) is 2.93. The van der Waals surface area contributed by atoms with Crippen molar-refractivity contribution in [1.82, 2.24) is 10.2 Å². The van der Waals surface area contributed by atoms with Gasteiger partial charge in [0, 0.05) is 19.2 Å². The highest BCUT2D eigenvalue weighted by molar-refractivity contribution is 7.92. The number of amides is 2. The fraction of sp³-hybridized carbons (Fsp3) is 0.500. The Morgan fingerprint density at radius 2 is 1.71 bits per heavy atom. The molecule has 1 atom stereocenters. The van der Waals surface area contributed by atoms with Gasteiger partial charge < -0.3 is 19.7 Å². The van der Waals surface area contributed by atoms with Gasteiger partial charge in [-0.05, 0) is 49.4 Å². The van der Waals surface area contributed by atoms with Gasteiger partial charge in [-0.1, -0.05) is 45.0 Å². The molecule has 2 aromatic carbocycles. The molecule has 1 unspecified atom stereocenters. The van der Waals surface area contributed by atoms with Crippen molar-refractivity contribution in [3.8, 4) is 11.5 Å². The van der Waals surface area contributed by atoms with E-state index < -0.39 is 28.5 Å². The zero-order valence-electron chi connectivity index (χ0n) is 22.9. The van der Waals surface area contributed by atoms with Gasteiger partial charge in [0.1, 0.15) is 25.8 Å². The highest BCUT2D eigenvalue weighted by Gasteiger charge is 2.33. The van der Waals surface area contributed by atoms with E-state index in [9.17, 15) is 18.0 Å². The Morgan fingerprint density at radius 1 is 1.03 bits per heavy atom. The standard InChI is InChI=1S/C28H39N3O6S/c1-6-24(28(33)29-17-20(3)4)30(18-22-11-9-8-10-21(22)5)27(32)19-31(38(34,35)7-2)23-12-13-25-26(16-23)37-15-14-36-25/h8-13,16,20,24H,6-7,14-15,17-19H2,1-5H3,(H,29,33). The molecule has 9 nitrogen and oxygen atoms in total. The molecule has 0 saturated heterocycles. The van der Waals surface area contributed by atoms with E-state index in [0.29, 0.717) is 43.4 Å². The van der Waals surface area contributed by atoms with Crippen LogP contribution in [0.15, 0.2) is 42.5 Å². The number of sulfonamides is 1. The third-order valence-corrected chi connectivity index (χ3v) is 8.21. The molecule has 10 heteroatoms. The van der Waals surface area contributed by atoms with Crippen LogP contribution >= 0.6 is 0 Å². The van der Waals surface area contributed by atoms with E-state index >= 15 is 0 Å². The predicted octanol–water partition coefficient (Wildman–Crippen LogP) is 3.50. The van der Waals surface area contributed by atoms with E-state index in [-0.39, 0.29) is 24.1 Å². The Hall–Kier alpha value is -3.27. The van der Waals surface area contributed by atoms with E-state index in [0.717, 1.165) is 15.4 Å². The minimum absolute atomic E-state index is 0.181. The molecule has 1 aliphatic rings. The lowest BCUT2D eigenvalue weighted by Crippen LogP contribution is -2.52. The number of carbonyl (C=O) groups excluding carboxylic acids is 2. The number of rotatable bonds is 12. The van der Waals surface area contributed by atoms with E-state index in [2.05, 4.69) is 5.32 Å². The topological polar surface area (TPSA) is 105 Å². The Morgan fingerprint density at radius 3 is 2.34 bits per heavy atom. The van der Waals surface area contributed by atoms with Crippen molar-refractivity contribution in [3.63, 3.8) is 0 Å². The van der Waals surface area contributed by atoms with Gasteiger partial charge in [-0.2, -0.15) is 0 Å². The number of hydrogen-bond acceptors (Lipinski definition) is 6. The molecule has 0 spiro atoms. The van der Waals surface area contributed by atoms with Crippen LogP contribution < -0.4 is 19.1 Å². The van der Waals surface area contributed by atoms with Gasteiger partial charge >= 0.3 is 0 Å². The van der Waals surface area contributed by atoms with Crippen LogP contribution in [0.5, 0.6) is 11.5 Å². The molecule has 0 bridgehead atoms. The average molecular weight is 546 g/mol. The number of carbonyl (C=O) groups is 2. The fourth-order valence-electron chi connectivity index (χ4n) is 4.22. The zero-order chi connectivity index (χ0) is 27.9. The SMILES string of the molecule is CCC(C(=O)NCC(C)C)N(Cc1ccccc1C)C(=O)CN(c1ccc2c(c1)OCCO2)S(=O)(=O)CC. The number of ether oxygens (including phenoxy) is 2. The van der Waals surface area contributed by atoms with Crippen LogP contribution in [0, 0.1) is 12.8 Å². The normalized spacial score (nSPS) is 13.6. The van der Waals surface area contributed by atoms with Crippen molar-refractivity contribution in [2.75, 3.05) is 36.4 Å². The van der Waals surface area contributed by atoms with E-state index in [1.165, 1.54) is 11.8 Å². The number of nitrogens with zero attached hydrogens (tertiary/aromatic N) is 2. The maximum atomic E-state index is 13.9. The lowest BCUT2D eigenvalue weighted by Gasteiger charge is -2.33. The van der Waals surface area contributed by atoms with Gasteiger partial charge in [-0.25, -0.2) is 8.42 Å². The lowest BCUT2D eigenvalue weighted by molar-refractivity contribution is -0.140. The third kappa shape index (κ3) is 7.18. The molecule has 0 radical (unpaired) electrons. The molecule has 3 rings (SSSR count).